The molecule has 7 rings (SSSR count). The van der Waals surface area contributed by atoms with Crippen LogP contribution in [0.2, 0.25) is 0 Å². The predicted molar refractivity (Wildman–Crippen MR) is 423 cm³/mol. The number of rotatable bonds is 63. The van der Waals surface area contributed by atoms with Gasteiger partial charge < -0.3 is 47.9 Å². The van der Waals surface area contributed by atoms with Crippen molar-refractivity contribution in [2.24, 2.45) is 0 Å². The third-order valence-corrected chi connectivity index (χ3v) is 20.5. The van der Waals surface area contributed by atoms with Gasteiger partial charge in [-0.3, -0.25) is 24.1 Å². The van der Waals surface area contributed by atoms with Gasteiger partial charge in [0.2, 0.25) is 0 Å². The summed E-state index contributed by atoms with van der Waals surface area (Å²) in [5, 5.41) is 3.59. The molecule has 586 valence electrons. The molecule has 0 spiro atoms. The standard InChI is InChI=1S/C91H134N2O13/c1-4-7-10-13-16-19-22-25-43-57-82(99-68-74-47-33-28-34-48-74)62-79(94)65-92-87-89(103-72-81(96)64-84(101-70-76-51-37-30-38-52-76)59-45-27-24-21-18-15-12-9-6-3)88-85(73-104-90(106-88)78-55-41-32-42-56-78)105-91(87)98-61-46-60-93(67-86(97)102-71-77-53-39-31-40-54-77)66-80(95)63-83(100-69-75-49-35-29-36-50-75)58-44-26-23-20-17-14-11-8-5-2/h28-42,47-56,82-85,87-92H,4-27,43-46,57-73H2,1-3H3/t82-,83-,84-,85-,87-,88-,89-,90-,91-/m1/s1. The fraction of sp³-hybridized carbons (Fsp3) is 0.626. The summed E-state index contributed by atoms with van der Waals surface area (Å²) in [6.07, 6.45) is 30.4. The van der Waals surface area contributed by atoms with E-state index in [-0.39, 0.29) is 101 Å². The van der Waals surface area contributed by atoms with Crippen LogP contribution in [0.5, 0.6) is 0 Å². The molecule has 0 aliphatic carbocycles. The molecule has 0 saturated carbocycles. The second-order valence-corrected chi connectivity index (χ2v) is 29.8. The van der Waals surface area contributed by atoms with Gasteiger partial charge in [0, 0.05) is 31.4 Å². The van der Waals surface area contributed by atoms with Crippen LogP contribution in [0.4, 0.5) is 0 Å². The van der Waals surface area contributed by atoms with E-state index in [1.165, 1.54) is 116 Å². The van der Waals surface area contributed by atoms with E-state index < -0.39 is 42.9 Å². The lowest BCUT2D eigenvalue weighted by Gasteiger charge is -2.49. The molecule has 2 saturated heterocycles. The van der Waals surface area contributed by atoms with Crippen LogP contribution in [0.25, 0.3) is 0 Å². The Bertz CT molecular complexity index is 3020. The van der Waals surface area contributed by atoms with Crippen molar-refractivity contribution in [3.63, 3.8) is 0 Å². The van der Waals surface area contributed by atoms with Crippen molar-refractivity contribution in [2.75, 3.05) is 46.0 Å². The Morgan fingerprint density at radius 1 is 0.434 bits per heavy atom. The fourth-order valence-corrected chi connectivity index (χ4v) is 14.3. The number of carbonyl (C=O) groups excluding carboxylic acids is 4. The lowest BCUT2D eigenvalue weighted by atomic mass is 9.94. The second kappa shape index (κ2) is 55.6. The van der Waals surface area contributed by atoms with Crippen LogP contribution < -0.4 is 5.32 Å². The van der Waals surface area contributed by atoms with Crippen molar-refractivity contribution in [3.05, 3.63) is 179 Å². The van der Waals surface area contributed by atoms with Crippen molar-refractivity contribution in [3.8, 4) is 0 Å². The van der Waals surface area contributed by atoms with Gasteiger partial charge in [-0.25, -0.2) is 0 Å². The Morgan fingerprint density at radius 2 is 0.830 bits per heavy atom. The number of hydrogen-bond acceptors (Lipinski definition) is 15. The Labute approximate surface area is 638 Å². The van der Waals surface area contributed by atoms with Gasteiger partial charge in [0.25, 0.3) is 0 Å². The molecule has 15 heteroatoms. The molecule has 15 nitrogen and oxygen atoms in total. The van der Waals surface area contributed by atoms with Crippen LogP contribution in [0.1, 0.15) is 273 Å². The zero-order valence-electron chi connectivity index (χ0n) is 65.2. The third-order valence-electron chi connectivity index (χ3n) is 20.5. The summed E-state index contributed by atoms with van der Waals surface area (Å²) < 4.78 is 59.8. The predicted octanol–water partition coefficient (Wildman–Crippen LogP) is 20.0. The van der Waals surface area contributed by atoms with Gasteiger partial charge >= 0.3 is 5.97 Å². The summed E-state index contributed by atoms with van der Waals surface area (Å²) >= 11 is 0. The van der Waals surface area contributed by atoms with Crippen molar-refractivity contribution >= 4 is 23.3 Å². The molecular formula is C91H134N2O13. The van der Waals surface area contributed by atoms with Gasteiger partial charge in [-0.05, 0) is 47.9 Å². The second-order valence-electron chi connectivity index (χ2n) is 29.8. The molecule has 2 fully saturated rings. The number of nitrogens with one attached hydrogen (secondary N) is 1. The molecule has 5 aromatic carbocycles. The molecule has 106 heavy (non-hydrogen) atoms. The minimum absolute atomic E-state index is 0.00704. The SMILES string of the molecule is CCCCCCCCCCC[C@H](CC(=O)CN[C@H]1[C@H](OCCCN(CC(=O)C[C@@H](CCCCCCCCCCC)OCc2ccccc2)CC(=O)OCc2ccccc2)O[C@@H]2CO[C@@H](c3ccccc3)O[C@H]2[C@@H]1OCC(=O)C[C@@H](CCCCCCCCCCC)OCc1ccccc1)OCc1ccccc1. The first-order valence-electron chi connectivity index (χ1n) is 41.5. The molecule has 5 aromatic rings. The first kappa shape index (κ1) is 87.4. The molecule has 9 atom stereocenters. The number of nitrogens with zero attached hydrogens (tertiary/aromatic N) is 1. The normalized spacial score (nSPS) is 18.1. The summed E-state index contributed by atoms with van der Waals surface area (Å²) in [5.41, 5.74) is 4.82. The van der Waals surface area contributed by atoms with Crippen LogP contribution in [-0.4, -0.2) is 123 Å². The van der Waals surface area contributed by atoms with Crippen LogP contribution >= 0.6 is 0 Å². The van der Waals surface area contributed by atoms with Gasteiger partial charge in [0.15, 0.2) is 18.4 Å². The fourth-order valence-electron chi connectivity index (χ4n) is 14.3. The van der Waals surface area contributed by atoms with Gasteiger partial charge in [0.05, 0.1) is 77.0 Å². The molecule has 0 amide bonds. The van der Waals surface area contributed by atoms with E-state index in [0.29, 0.717) is 32.8 Å². The zero-order chi connectivity index (χ0) is 74.5. The average molecular weight is 1460 g/mol. The Kier molecular flexibility index (Phi) is 45.8. The Morgan fingerprint density at radius 3 is 1.27 bits per heavy atom. The average Bonchev–Trinajstić information content (AvgIpc) is 0.772. The van der Waals surface area contributed by atoms with Gasteiger partial charge in [-0.1, -0.05) is 346 Å². The molecule has 0 bridgehead atoms. The summed E-state index contributed by atoms with van der Waals surface area (Å²) in [6, 6.07) is 48.8. The number of hydrogen-bond donors (Lipinski definition) is 1. The molecule has 2 aliphatic rings. The Balaban J connectivity index is 1.10. The van der Waals surface area contributed by atoms with Crippen LogP contribution in [0.3, 0.4) is 0 Å². The number of carbonyl (C=O) groups is 4. The van der Waals surface area contributed by atoms with E-state index in [0.717, 1.165) is 105 Å². The highest BCUT2D eigenvalue weighted by Crippen LogP contribution is 2.36. The quantitative estimate of drug-likeness (QED) is 0.0288. The van der Waals surface area contributed by atoms with Crippen molar-refractivity contribution in [1.82, 2.24) is 10.2 Å². The minimum Gasteiger partial charge on any atom is -0.460 e. The molecular weight excluding hydrogens is 1330 g/mol. The highest BCUT2D eigenvalue weighted by atomic mass is 16.8. The number of ketones is 3. The van der Waals surface area contributed by atoms with E-state index in [2.05, 4.69) is 38.2 Å². The molecule has 0 radical (unpaired) electrons. The summed E-state index contributed by atoms with van der Waals surface area (Å²) in [7, 11) is 0. The Hall–Kier alpha value is -5.82. The summed E-state index contributed by atoms with van der Waals surface area (Å²) in [5.74, 6) is -0.630. The smallest absolute Gasteiger partial charge is 0.320 e. The van der Waals surface area contributed by atoms with E-state index >= 15 is 0 Å². The number of unbranched alkanes of at least 4 members (excludes halogenated alkanes) is 24. The maximum absolute atomic E-state index is 14.7. The maximum atomic E-state index is 14.7. The van der Waals surface area contributed by atoms with Gasteiger partial charge in [0.1, 0.15) is 43.1 Å². The molecule has 1 N–H and O–H groups in total. The summed E-state index contributed by atoms with van der Waals surface area (Å²) in [4.78, 5) is 59.5. The van der Waals surface area contributed by atoms with Crippen molar-refractivity contribution in [1.29, 1.82) is 0 Å². The lowest BCUT2D eigenvalue weighted by Crippen LogP contribution is -2.67. The monoisotopic (exact) mass is 1460 g/mol. The van der Waals surface area contributed by atoms with E-state index in [4.69, 9.17) is 42.6 Å². The number of benzene rings is 5. The molecule has 0 unspecified atom stereocenters. The first-order chi connectivity index (χ1) is 52.2. The minimum atomic E-state index is -1.02. The first-order valence-corrected chi connectivity index (χ1v) is 41.5. The maximum Gasteiger partial charge on any atom is 0.320 e. The topological polar surface area (TPSA) is 167 Å². The van der Waals surface area contributed by atoms with E-state index in [9.17, 15) is 19.2 Å². The number of Topliss-reactive ketones (excluding diaryl/α,β-unsaturated/α-hetero) is 3. The molecule has 2 aliphatic heterocycles. The highest BCUT2D eigenvalue weighted by Gasteiger charge is 2.51. The van der Waals surface area contributed by atoms with Gasteiger partial charge in [-0.2, -0.15) is 0 Å². The molecule has 2 heterocycles. The zero-order valence-corrected chi connectivity index (χ0v) is 65.2. The van der Waals surface area contributed by atoms with E-state index in [1.807, 2.05) is 144 Å². The number of ether oxygens (including phenoxy) is 9. The van der Waals surface area contributed by atoms with Crippen LogP contribution in [0.15, 0.2) is 152 Å². The van der Waals surface area contributed by atoms with Crippen LogP contribution in [-0.2, 0) is 88.2 Å². The van der Waals surface area contributed by atoms with Crippen molar-refractivity contribution in [2.45, 2.75) is 321 Å². The third kappa shape index (κ3) is 37.5. The largest absolute Gasteiger partial charge is 0.460 e. The van der Waals surface area contributed by atoms with E-state index in [1.54, 1.807) is 0 Å². The van der Waals surface area contributed by atoms with Gasteiger partial charge in [-0.15, -0.1) is 0 Å². The number of fused-ring (bicyclic) bond motifs is 1. The van der Waals surface area contributed by atoms with Crippen molar-refractivity contribution < 1.29 is 61.8 Å². The number of esters is 1. The highest BCUT2D eigenvalue weighted by molar-refractivity contribution is 5.82. The van der Waals surface area contributed by atoms with Crippen LogP contribution in [0, 0.1) is 0 Å². The summed E-state index contributed by atoms with van der Waals surface area (Å²) in [6.45, 7) is 8.20. The molecule has 0 aromatic heterocycles. The lowest BCUT2D eigenvalue weighted by molar-refractivity contribution is -0.348.